The van der Waals surface area contributed by atoms with Crippen LogP contribution in [0.15, 0.2) is 36.4 Å². The van der Waals surface area contributed by atoms with E-state index in [1.165, 1.54) is 11.6 Å². The Bertz CT molecular complexity index is 272. The van der Waals surface area contributed by atoms with E-state index in [9.17, 15) is 0 Å². The van der Waals surface area contributed by atoms with E-state index in [2.05, 4.69) is 64.8 Å². The molecule has 70 valence electrons. The molecule has 2 heteroatoms. The lowest BCUT2D eigenvalue weighted by Crippen LogP contribution is -2.12. The van der Waals surface area contributed by atoms with Crippen molar-refractivity contribution < 1.29 is 0 Å². The zero-order valence-electron chi connectivity index (χ0n) is 8.13. The van der Waals surface area contributed by atoms with E-state index in [4.69, 9.17) is 0 Å². The summed E-state index contributed by atoms with van der Waals surface area (Å²) < 4.78 is 0. The summed E-state index contributed by atoms with van der Waals surface area (Å²) in [5.74, 6) is 0. The Hall–Kier alpha value is -0.343. The van der Waals surface area contributed by atoms with Gasteiger partial charge in [-0.25, -0.2) is 0 Å². The molecule has 0 bridgehead atoms. The highest BCUT2D eigenvalue weighted by Gasteiger charge is 2.12. The van der Waals surface area contributed by atoms with Crippen LogP contribution in [-0.4, -0.2) is 6.69 Å². The summed E-state index contributed by atoms with van der Waals surface area (Å²) in [6.45, 7) is 3.53. The van der Waals surface area contributed by atoms with Gasteiger partial charge >= 0.3 is 0 Å². The quantitative estimate of drug-likeness (QED) is 0.558. The molecule has 0 N–H and O–H groups in total. The minimum atomic E-state index is -1.09. The van der Waals surface area contributed by atoms with Crippen LogP contribution in [0, 0.1) is 0 Å². The van der Waals surface area contributed by atoms with Crippen molar-refractivity contribution in [2.24, 2.45) is 0 Å². The van der Waals surface area contributed by atoms with Crippen LogP contribution in [0.2, 0.25) is 19.1 Å². The zero-order valence-corrected chi connectivity index (χ0v) is 10.7. The molecule has 0 aliphatic heterocycles. The Morgan fingerprint density at radius 2 is 1.85 bits per heavy atom. The molecule has 0 heterocycles. The smallest absolute Gasteiger partial charge is 0.126 e. The first-order valence-corrected chi connectivity index (χ1v) is 9.95. The van der Waals surface area contributed by atoms with Gasteiger partial charge in [-0.05, 0) is 11.6 Å². The Morgan fingerprint density at radius 1 is 1.23 bits per heavy atom. The number of benzene rings is 1. The van der Waals surface area contributed by atoms with Gasteiger partial charge in [-0.15, -0.1) is 15.3 Å². The van der Waals surface area contributed by atoms with Crippen LogP contribution >= 0.6 is 15.3 Å². The molecule has 0 fully saturated rings. The van der Waals surface area contributed by atoms with Crippen molar-refractivity contribution in [3.63, 3.8) is 0 Å². The van der Waals surface area contributed by atoms with Crippen molar-refractivity contribution in [3.8, 4) is 0 Å². The number of hydrogen-bond acceptors (Lipinski definition) is 0. The second-order valence-electron chi connectivity index (χ2n) is 3.74. The lowest BCUT2D eigenvalue weighted by atomic mass is 10.2. The molecule has 1 aromatic rings. The standard InChI is InChI=1S/C11H15BrSi/c1-13(2,12)10-6-9-11-7-4-3-5-8-11/h3-9H,10H2,1-2H3. The summed E-state index contributed by atoms with van der Waals surface area (Å²) in [6, 6.07) is 11.6. The minimum Gasteiger partial charge on any atom is -0.126 e. The average Bonchev–Trinajstić information content (AvgIpc) is 2.04. The fourth-order valence-corrected chi connectivity index (χ4v) is 2.28. The van der Waals surface area contributed by atoms with Crippen LogP contribution in [-0.2, 0) is 0 Å². The van der Waals surface area contributed by atoms with E-state index in [-0.39, 0.29) is 0 Å². The molecule has 0 amide bonds. The van der Waals surface area contributed by atoms with Crippen molar-refractivity contribution in [1.82, 2.24) is 0 Å². The summed E-state index contributed by atoms with van der Waals surface area (Å²) in [4.78, 5) is 0. The fourth-order valence-electron chi connectivity index (χ4n) is 1.04. The molecule has 0 radical (unpaired) electrons. The SMILES string of the molecule is C[Si](C)(Br)CC=Cc1ccccc1. The van der Waals surface area contributed by atoms with Gasteiger partial charge in [0.15, 0.2) is 0 Å². The van der Waals surface area contributed by atoms with Crippen LogP contribution in [0.3, 0.4) is 0 Å². The lowest BCUT2D eigenvalue weighted by molar-refractivity contribution is 1.59. The maximum atomic E-state index is 3.74. The first kappa shape index (κ1) is 10.7. The van der Waals surface area contributed by atoms with Gasteiger partial charge in [0.05, 0.1) is 0 Å². The highest BCUT2D eigenvalue weighted by Crippen LogP contribution is 2.17. The molecule has 1 rings (SSSR count). The fraction of sp³-hybridized carbons (Fsp3) is 0.273. The van der Waals surface area contributed by atoms with Crippen molar-refractivity contribution in [3.05, 3.63) is 42.0 Å². The molecule has 0 aliphatic carbocycles. The molecule has 13 heavy (non-hydrogen) atoms. The number of halogens is 1. The van der Waals surface area contributed by atoms with Crippen LogP contribution in [0.1, 0.15) is 5.56 Å². The Kier molecular flexibility index (Phi) is 3.94. The van der Waals surface area contributed by atoms with Gasteiger partial charge in [-0.2, -0.15) is 0 Å². The largest absolute Gasteiger partial charge is 0.128 e. The predicted octanol–water partition coefficient (Wildman–Crippen LogP) is 4.30. The van der Waals surface area contributed by atoms with Crippen LogP contribution < -0.4 is 0 Å². The molecule has 0 unspecified atom stereocenters. The second kappa shape index (κ2) is 4.77. The maximum Gasteiger partial charge on any atom is 0.128 e. The first-order chi connectivity index (χ1) is 6.08. The molecule has 0 saturated carbocycles. The van der Waals surface area contributed by atoms with Crippen molar-refractivity contribution in [2.45, 2.75) is 19.1 Å². The van der Waals surface area contributed by atoms with Crippen molar-refractivity contribution in [1.29, 1.82) is 0 Å². The average molecular weight is 255 g/mol. The molecule has 0 atom stereocenters. The van der Waals surface area contributed by atoms with E-state index in [1.807, 2.05) is 6.07 Å². The van der Waals surface area contributed by atoms with Gasteiger partial charge in [0.1, 0.15) is 6.69 Å². The number of rotatable bonds is 3. The van der Waals surface area contributed by atoms with Gasteiger partial charge in [-0.3, -0.25) is 0 Å². The Morgan fingerprint density at radius 3 is 2.38 bits per heavy atom. The topological polar surface area (TPSA) is 0 Å². The lowest BCUT2D eigenvalue weighted by Gasteiger charge is -2.08. The summed E-state index contributed by atoms with van der Waals surface area (Å²) in [5, 5.41) is 0. The molecule has 0 saturated heterocycles. The summed E-state index contributed by atoms with van der Waals surface area (Å²) in [6.07, 6.45) is 4.45. The molecule has 0 spiro atoms. The monoisotopic (exact) mass is 254 g/mol. The van der Waals surface area contributed by atoms with Gasteiger partial charge in [0.2, 0.25) is 0 Å². The van der Waals surface area contributed by atoms with Gasteiger partial charge < -0.3 is 0 Å². The van der Waals surface area contributed by atoms with Crippen molar-refractivity contribution in [2.75, 3.05) is 0 Å². The van der Waals surface area contributed by atoms with E-state index < -0.39 is 6.69 Å². The summed E-state index contributed by atoms with van der Waals surface area (Å²) >= 11 is 3.74. The van der Waals surface area contributed by atoms with Crippen LogP contribution in [0.25, 0.3) is 6.08 Å². The molecule has 1 aromatic carbocycles. The molecule has 0 nitrogen and oxygen atoms in total. The molecular weight excluding hydrogens is 240 g/mol. The molecular formula is C11H15BrSi. The first-order valence-electron chi connectivity index (χ1n) is 4.48. The zero-order chi connectivity index (χ0) is 9.73. The van der Waals surface area contributed by atoms with Gasteiger partial charge in [0.25, 0.3) is 0 Å². The minimum absolute atomic E-state index is 1.09. The van der Waals surface area contributed by atoms with Crippen molar-refractivity contribution >= 4 is 28.1 Å². The normalized spacial score (nSPS) is 12.2. The number of allylic oxidation sites excluding steroid dienone is 1. The Balaban J connectivity index is 2.51. The third-order valence-corrected chi connectivity index (χ3v) is 3.89. The number of hydrogen-bond donors (Lipinski definition) is 0. The van der Waals surface area contributed by atoms with E-state index in [0.29, 0.717) is 0 Å². The third kappa shape index (κ3) is 5.06. The maximum absolute atomic E-state index is 3.74. The van der Waals surface area contributed by atoms with E-state index >= 15 is 0 Å². The van der Waals surface area contributed by atoms with Gasteiger partial charge in [-0.1, -0.05) is 55.6 Å². The highest BCUT2D eigenvalue weighted by atomic mass is 79.9. The van der Waals surface area contributed by atoms with Crippen LogP contribution in [0.4, 0.5) is 0 Å². The second-order valence-corrected chi connectivity index (χ2v) is 14.0. The van der Waals surface area contributed by atoms with Crippen LogP contribution in [0.5, 0.6) is 0 Å². The highest BCUT2D eigenvalue weighted by molar-refractivity contribution is 9.26. The summed E-state index contributed by atoms with van der Waals surface area (Å²) in [5.41, 5.74) is 1.29. The molecule has 0 aromatic heterocycles. The third-order valence-electron chi connectivity index (χ3n) is 1.71. The molecule has 0 aliphatic rings. The van der Waals surface area contributed by atoms with E-state index in [0.717, 1.165) is 0 Å². The summed E-state index contributed by atoms with van der Waals surface area (Å²) in [7, 11) is 0. The van der Waals surface area contributed by atoms with Gasteiger partial charge in [0, 0.05) is 0 Å². The van der Waals surface area contributed by atoms with E-state index in [1.54, 1.807) is 0 Å². The Labute approximate surface area is 89.3 Å². The predicted molar refractivity (Wildman–Crippen MR) is 66.7 cm³/mol.